The lowest BCUT2D eigenvalue weighted by Gasteiger charge is -2.11. The molecule has 1 aromatic carbocycles. The molecule has 0 spiro atoms. The monoisotopic (exact) mass is 350 g/mol. The number of hydrogen-bond donors (Lipinski definition) is 1. The van der Waals surface area contributed by atoms with Gasteiger partial charge in [0, 0.05) is 31.6 Å². The first-order chi connectivity index (χ1) is 12.5. The Balaban J connectivity index is 1.64. The maximum absolute atomic E-state index is 12.6. The lowest BCUT2D eigenvalue weighted by atomic mass is 10.2. The van der Waals surface area contributed by atoms with Gasteiger partial charge in [-0.05, 0) is 19.1 Å². The van der Waals surface area contributed by atoms with Gasteiger partial charge in [-0.15, -0.1) is 5.10 Å². The first-order valence-corrected chi connectivity index (χ1v) is 8.36. The zero-order valence-electron chi connectivity index (χ0n) is 14.5. The molecule has 0 radical (unpaired) electrons. The van der Waals surface area contributed by atoms with Crippen molar-refractivity contribution >= 4 is 22.7 Å². The first-order valence-electron chi connectivity index (χ1n) is 8.36. The Morgan fingerprint density at radius 3 is 2.85 bits per heavy atom. The van der Waals surface area contributed by atoms with Gasteiger partial charge in [-0.1, -0.05) is 23.4 Å². The van der Waals surface area contributed by atoms with E-state index in [4.69, 9.17) is 0 Å². The van der Waals surface area contributed by atoms with E-state index < -0.39 is 0 Å². The summed E-state index contributed by atoms with van der Waals surface area (Å²) in [5, 5.41) is 12.1. The molecule has 4 rings (SSSR count). The van der Waals surface area contributed by atoms with Gasteiger partial charge in [0.15, 0.2) is 5.69 Å². The predicted molar refractivity (Wildman–Crippen MR) is 94.9 cm³/mol. The van der Waals surface area contributed by atoms with Crippen LogP contribution in [0.3, 0.4) is 0 Å². The van der Waals surface area contributed by atoms with Crippen LogP contribution in [0.4, 0.5) is 0 Å². The number of aromatic nitrogens is 4. The average Bonchev–Trinajstić information content (AvgIpc) is 3.16. The van der Waals surface area contributed by atoms with Gasteiger partial charge in [-0.25, -0.2) is 4.68 Å². The molecule has 2 amide bonds. The van der Waals surface area contributed by atoms with E-state index in [1.807, 2.05) is 30.3 Å². The number of nitrogens with zero attached hydrogens (tertiary/aromatic N) is 5. The van der Waals surface area contributed by atoms with Crippen molar-refractivity contribution in [3.63, 3.8) is 0 Å². The minimum absolute atomic E-state index is 0.0255. The van der Waals surface area contributed by atoms with E-state index >= 15 is 0 Å². The Bertz CT molecular complexity index is 1010. The van der Waals surface area contributed by atoms with E-state index in [2.05, 4.69) is 20.6 Å². The summed E-state index contributed by atoms with van der Waals surface area (Å²) in [5.41, 5.74) is 2.43. The van der Waals surface area contributed by atoms with Gasteiger partial charge in [0.25, 0.3) is 5.91 Å². The van der Waals surface area contributed by atoms with Crippen LogP contribution in [0.2, 0.25) is 0 Å². The van der Waals surface area contributed by atoms with Crippen molar-refractivity contribution in [3.8, 4) is 5.69 Å². The normalized spacial score (nSPS) is 17.1. The molecule has 26 heavy (non-hydrogen) atoms. The number of likely N-dealkylation sites (tertiary alicyclic amines) is 1. The van der Waals surface area contributed by atoms with E-state index in [0.29, 0.717) is 18.7 Å². The second-order valence-corrected chi connectivity index (χ2v) is 6.44. The van der Waals surface area contributed by atoms with Gasteiger partial charge in [-0.2, -0.15) is 0 Å². The molecule has 1 fully saturated rings. The Morgan fingerprint density at radius 1 is 1.27 bits per heavy atom. The van der Waals surface area contributed by atoms with E-state index in [-0.39, 0.29) is 23.6 Å². The Kier molecular flexibility index (Phi) is 3.87. The zero-order chi connectivity index (χ0) is 18.3. The fourth-order valence-electron chi connectivity index (χ4n) is 3.24. The fourth-order valence-corrected chi connectivity index (χ4v) is 3.24. The van der Waals surface area contributed by atoms with Gasteiger partial charge < -0.3 is 10.2 Å². The summed E-state index contributed by atoms with van der Waals surface area (Å²) in [6.45, 7) is 2.30. The van der Waals surface area contributed by atoms with Gasteiger partial charge in [0.05, 0.1) is 22.9 Å². The molecule has 8 nitrogen and oxygen atoms in total. The van der Waals surface area contributed by atoms with Crippen LogP contribution in [-0.2, 0) is 4.79 Å². The van der Waals surface area contributed by atoms with Crippen LogP contribution in [-0.4, -0.2) is 56.3 Å². The summed E-state index contributed by atoms with van der Waals surface area (Å²) < 4.78 is 1.62. The molecule has 1 unspecified atom stereocenters. The Labute approximate surface area is 149 Å². The number of carbonyl (C=O) groups excluding carboxylic acids is 2. The highest BCUT2D eigenvalue weighted by Gasteiger charge is 2.29. The molecule has 1 aliphatic heterocycles. The van der Waals surface area contributed by atoms with Crippen LogP contribution in [0.5, 0.6) is 0 Å². The van der Waals surface area contributed by atoms with Gasteiger partial charge in [0.2, 0.25) is 5.91 Å². The van der Waals surface area contributed by atoms with E-state index in [0.717, 1.165) is 16.6 Å². The topological polar surface area (TPSA) is 93.0 Å². The summed E-state index contributed by atoms with van der Waals surface area (Å²) in [6, 6.07) is 9.42. The largest absolute Gasteiger partial charge is 0.346 e. The molecule has 1 N–H and O–H groups in total. The summed E-state index contributed by atoms with van der Waals surface area (Å²) in [7, 11) is 1.73. The summed E-state index contributed by atoms with van der Waals surface area (Å²) in [5.74, 6) is -0.299. The molecule has 8 heteroatoms. The number of likely N-dealkylation sites (N-methyl/N-ethyl adjacent to an activating group) is 1. The summed E-state index contributed by atoms with van der Waals surface area (Å²) >= 11 is 0. The maximum atomic E-state index is 12.6. The highest BCUT2D eigenvalue weighted by atomic mass is 16.2. The second-order valence-electron chi connectivity index (χ2n) is 6.44. The minimum Gasteiger partial charge on any atom is -0.346 e. The van der Waals surface area contributed by atoms with Crippen molar-refractivity contribution in [2.24, 2.45) is 0 Å². The van der Waals surface area contributed by atoms with E-state index in [1.165, 1.54) is 0 Å². The van der Waals surface area contributed by atoms with Crippen molar-refractivity contribution in [3.05, 3.63) is 47.9 Å². The standard InChI is InChI=1S/C18H18N6O2/c1-11-16(18(26)20-13-9-15(25)23(2)10-13)21-22-24(11)14-7-3-5-12-6-4-8-19-17(12)14/h3-8,13H,9-10H2,1-2H3,(H,20,26). The third-order valence-corrected chi connectivity index (χ3v) is 4.63. The lowest BCUT2D eigenvalue weighted by molar-refractivity contribution is -0.126. The van der Waals surface area contributed by atoms with Crippen molar-refractivity contribution in [2.45, 2.75) is 19.4 Å². The van der Waals surface area contributed by atoms with Crippen LogP contribution >= 0.6 is 0 Å². The molecule has 1 aliphatic rings. The number of nitrogens with one attached hydrogen (secondary N) is 1. The summed E-state index contributed by atoms with van der Waals surface area (Å²) in [6.07, 6.45) is 2.03. The van der Waals surface area contributed by atoms with Crippen LogP contribution in [0.1, 0.15) is 22.6 Å². The quantitative estimate of drug-likeness (QED) is 0.763. The SMILES string of the molecule is Cc1c(C(=O)NC2CC(=O)N(C)C2)nnn1-c1cccc2cccnc12. The third-order valence-electron chi connectivity index (χ3n) is 4.63. The summed E-state index contributed by atoms with van der Waals surface area (Å²) in [4.78, 5) is 30.2. The number of rotatable bonds is 3. The smallest absolute Gasteiger partial charge is 0.274 e. The molecule has 2 aromatic heterocycles. The van der Waals surface area contributed by atoms with Crippen molar-refractivity contribution in [1.29, 1.82) is 0 Å². The molecular weight excluding hydrogens is 332 g/mol. The maximum Gasteiger partial charge on any atom is 0.274 e. The third kappa shape index (κ3) is 2.69. The van der Waals surface area contributed by atoms with Crippen LogP contribution < -0.4 is 5.32 Å². The van der Waals surface area contributed by atoms with Crippen LogP contribution in [0.15, 0.2) is 36.5 Å². The van der Waals surface area contributed by atoms with Crippen molar-refractivity contribution < 1.29 is 9.59 Å². The molecule has 0 aliphatic carbocycles. The second kappa shape index (κ2) is 6.21. The first kappa shape index (κ1) is 16.2. The average molecular weight is 350 g/mol. The number of para-hydroxylation sites is 1. The lowest BCUT2D eigenvalue weighted by Crippen LogP contribution is -2.37. The molecule has 3 aromatic rings. The van der Waals surface area contributed by atoms with Crippen molar-refractivity contribution in [1.82, 2.24) is 30.2 Å². The van der Waals surface area contributed by atoms with Crippen LogP contribution in [0.25, 0.3) is 16.6 Å². The highest BCUT2D eigenvalue weighted by Crippen LogP contribution is 2.21. The minimum atomic E-state index is -0.324. The number of carbonyl (C=O) groups is 2. The number of hydrogen-bond acceptors (Lipinski definition) is 5. The number of amides is 2. The molecule has 1 atom stereocenters. The number of fused-ring (bicyclic) bond motifs is 1. The van der Waals surface area contributed by atoms with E-state index in [9.17, 15) is 9.59 Å². The fraction of sp³-hybridized carbons (Fsp3) is 0.278. The van der Waals surface area contributed by atoms with Crippen molar-refractivity contribution in [2.75, 3.05) is 13.6 Å². The van der Waals surface area contributed by atoms with Gasteiger partial charge >= 0.3 is 0 Å². The Morgan fingerprint density at radius 2 is 2.08 bits per heavy atom. The van der Waals surface area contributed by atoms with Gasteiger partial charge in [0.1, 0.15) is 0 Å². The zero-order valence-corrected chi connectivity index (χ0v) is 14.5. The van der Waals surface area contributed by atoms with Gasteiger partial charge in [-0.3, -0.25) is 14.6 Å². The molecule has 0 saturated carbocycles. The molecular formula is C18H18N6O2. The number of pyridine rings is 1. The van der Waals surface area contributed by atoms with E-state index in [1.54, 1.807) is 29.7 Å². The molecule has 3 heterocycles. The highest BCUT2D eigenvalue weighted by molar-refractivity contribution is 5.94. The predicted octanol–water partition coefficient (Wildman–Crippen LogP) is 1.08. The molecule has 1 saturated heterocycles. The molecule has 132 valence electrons. The molecule has 0 bridgehead atoms. The Hall–Kier alpha value is -3.29. The number of benzene rings is 1. The van der Waals surface area contributed by atoms with Crippen LogP contribution in [0, 0.1) is 6.92 Å².